The highest BCUT2D eigenvalue weighted by Crippen LogP contribution is 2.29. The Morgan fingerprint density at radius 1 is 1.55 bits per heavy atom. The van der Waals surface area contributed by atoms with Crippen LogP contribution in [-0.2, 0) is 4.74 Å². The van der Waals surface area contributed by atoms with Crippen molar-refractivity contribution in [2.45, 2.75) is 32.5 Å². The highest BCUT2D eigenvalue weighted by molar-refractivity contribution is 7.80. The maximum Gasteiger partial charge on any atom is 0.339 e. The van der Waals surface area contributed by atoms with Gasteiger partial charge in [0.25, 0.3) is 0 Å². The highest BCUT2D eigenvalue weighted by Gasteiger charge is 2.43. The van der Waals surface area contributed by atoms with Gasteiger partial charge in [0.15, 0.2) is 0 Å². The fourth-order valence-corrected chi connectivity index (χ4v) is 2.59. The number of pyridine rings is 1. The van der Waals surface area contributed by atoms with Crippen LogP contribution in [-0.4, -0.2) is 28.6 Å². The molecule has 1 aromatic rings. The van der Waals surface area contributed by atoms with Gasteiger partial charge < -0.3 is 10.1 Å². The van der Waals surface area contributed by atoms with Crippen LogP contribution in [0.3, 0.4) is 0 Å². The summed E-state index contributed by atoms with van der Waals surface area (Å²) in [5.41, 5.74) is 0.729. The lowest BCUT2D eigenvalue weighted by Crippen LogP contribution is -2.47. The van der Waals surface area contributed by atoms with Crippen molar-refractivity contribution in [2.75, 3.05) is 7.11 Å². The molecule has 0 amide bonds. The van der Waals surface area contributed by atoms with Gasteiger partial charge in [-0.25, -0.2) is 4.79 Å². The smallest absolute Gasteiger partial charge is 0.339 e. The molecule has 6 heteroatoms. The molecule has 0 saturated carbocycles. The summed E-state index contributed by atoms with van der Waals surface area (Å²) in [4.78, 5) is 16.9. The molecule has 0 bridgehead atoms. The molecule has 2 rings (SSSR count). The number of nitrogens with zero attached hydrogens (tertiary/aromatic N) is 1. The number of thiocarbonyl (C=S) groups is 1. The summed E-state index contributed by atoms with van der Waals surface area (Å²) in [5.74, 6) is -0.0847. The second-order valence-electron chi connectivity index (χ2n) is 5.34. The summed E-state index contributed by atoms with van der Waals surface area (Å²) in [6, 6.07) is 3.41. The van der Waals surface area contributed by atoms with Crippen molar-refractivity contribution in [1.29, 1.82) is 0 Å². The average molecular weight is 293 g/mol. The first-order chi connectivity index (χ1) is 9.40. The molecule has 2 atom stereocenters. The maximum atomic E-state index is 11.8. The quantitative estimate of drug-likeness (QED) is 0.654. The summed E-state index contributed by atoms with van der Waals surface area (Å²) < 4.78 is 4.80. The van der Waals surface area contributed by atoms with E-state index in [0.29, 0.717) is 17.2 Å². The van der Waals surface area contributed by atoms with Gasteiger partial charge in [-0.2, -0.15) is 0 Å². The number of esters is 1. The number of carbonyl (C=O) groups excluding carboxylic acids is 1. The minimum atomic E-state index is -0.402. The van der Waals surface area contributed by atoms with Crippen molar-refractivity contribution in [3.05, 3.63) is 29.6 Å². The predicted molar refractivity (Wildman–Crippen MR) is 80.4 cm³/mol. The largest absolute Gasteiger partial charge is 0.465 e. The summed E-state index contributed by atoms with van der Waals surface area (Å²) >= 11 is 5.43. The van der Waals surface area contributed by atoms with E-state index in [-0.39, 0.29) is 11.7 Å². The zero-order chi connectivity index (χ0) is 14.9. The lowest BCUT2D eigenvalue weighted by molar-refractivity contribution is 0.0597. The fourth-order valence-electron chi connectivity index (χ4n) is 2.18. The molecule has 1 aliphatic heterocycles. The predicted octanol–water partition coefficient (Wildman–Crippen LogP) is 1.80. The molecule has 0 aromatic carbocycles. The third-order valence-corrected chi connectivity index (χ3v) is 4.41. The fraction of sp³-hybridized carbons (Fsp3) is 0.500. The van der Waals surface area contributed by atoms with Crippen LogP contribution in [0.2, 0.25) is 0 Å². The minimum Gasteiger partial charge on any atom is -0.465 e. The average Bonchev–Trinajstić information content (AvgIpc) is 2.75. The van der Waals surface area contributed by atoms with Crippen LogP contribution in [0, 0.1) is 5.92 Å². The molecule has 2 N–H and O–H groups in total. The van der Waals surface area contributed by atoms with Crippen molar-refractivity contribution in [2.24, 2.45) is 5.92 Å². The van der Waals surface area contributed by atoms with Crippen molar-refractivity contribution in [3.63, 3.8) is 0 Å². The molecular formula is C14H19N3O2S. The van der Waals surface area contributed by atoms with E-state index in [1.807, 2.05) is 6.92 Å². The molecule has 0 aliphatic carbocycles. The molecule has 108 valence electrons. The molecule has 1 aliphatic rings. The van der Waals surface area contributed by atoms with Gasteiger partial charge >= 0.3 is 5.97 Å². The molecule has 1 aromatic heterocycles. The molecule has 20 heavy (non-hydrogen) atoms. The van der Waals surface area contributed by atoms with Gasteiger partial charge in [-0.1, -0.05) is 26.1 Å². The number of rotatable bonds is 3. The van der Waals surface area contributed by atoms with E-state index < -0.39 is 5.97 Å². The second kappa shape index (κ2) is 5.46. The number of methoxy groups -OCH3 is 1. The van der Waals surface area contributed by atoms with Crippen LogP contribution in [0.4, 0.5) is 0 Å². The molecule has 0 spiro atoms. The zero-order valence-corrected chi connectivity index (χ0v) is 12.9. The minimum absolute atomic E-state index is 0.287. The lowest BCUT2D eigenvalue weighted by Gasteiger charge is -2.28. The third-order valence-electron chi connectivity index (χ3n) is 3.86. The van der Waals surface area contributed by atoms with Crippen LogP contribution in [0.25, 0.3) is 0 Å². The standard InChI is InChI=1S/C14H19N3O2S/c1-8(2)14(3)13(20)16-11(17-14)10-9(12(18)19-4)6-5-7-15-10/h5-8,11,17H,1-4H3,(H,16,20)/t11-,14-/m1/s1. The number of ether oxygens (including phenoxy) is 1. The monoisotopic (exact) mass is 293 g/mol. The van der Waals surface area contributed by atoms with E-state index in [0.717, 1.165) is 4.99 Å². The molecule has 1 saturated heterocycles. The molecular weight excluding hydrogens is 274 g/mol. The number of aromatic nitrogens is 1. The van der Waals surface area contributed by atoms with E-state index in [9.17, 15) is 4.79 Å². The lowest BCUT2D eigenvalue weighted by atomic mass is 9.89. The van der Waals surface area contributed by atoms with E-state index in [1.54, 1.807) is 18.3 Å². The van der Waals surface area contributed by atoms with E-state index in [4.69, 9.17) is 17.0 Å². The Balaban J connectivity index is 2.36. The number of hydrogen-bond donors (Lipinski definition) is 2. The SMILES string of the molecule is COC(=O)c1cccnc1[C@@H]1NC(=S)[C@@](C)(C(C)C)N1. The van der Waals surface area contributed by atoms with Crippen molar-refractivity contribution in [1.82, 2.24) is 15.6 Å². The molecule has 0 radical (unpaired) electrons. The first kappa shape index (κ1) is 14.9. The topological polar surface area (TPSA) is 63.2 Å². The maximum absolute atomic E-state index is 11.8. The number of carbonyl (C=O) groups is 1. The Hall–Kier alpha value is -1.53. The van der Waals surface area contributed by atoms with Crippen molar-refractivity contribution < 1.29 is 9.53 Å². The zero-order valence-electron chi connectivity index (χ0n) is 12.1. The van der Waals surface area contributed by atoms with Gasteiger partial charge in [-0.3, -0.25) is 10.3 Å². The summed E-state index contributed by atoms with van der Waals surface area (Å²) in [6.45, 7) is 6.25. The van der Waals surface area contributed by atoms with Crippen LogP contribution in [0.15, 0.2) is 18.3 Å². The summed E-state index contributed by atoms with van der Waals surface area (Å²) in [6.07, 6.45) is 1.37. The van der Waals surface area contributed by atoms with Crippen LogP contribution in [0.1, 0.15) is 43.0 Å². The van der Waals surface area contributed by atoms with Crippen LogP contribution in [0.5, 0.6) is 0 Å². The first-order valence-electron chi connectivity index (χ1n) is 6.52. The molecule has 2 heterocycles. The Labute approximate surface area is 124 Å². The Bertz CT molecular complexity index is 547. The Morgan fingerprint density at radius 3 is 2.80 bits per heavy atom. The molecule has 1 fully saturated rings. The molecule has 5 nitrogen and oxygen atoms in total. The van der Waals surface area contributed by atoms with Gasteiger partial charge in [0.2, 0.25) is 0 Å². The Morgan fingerprint density at radius 2 is 2.25 bits per heavy atom. The summed E-state index contributed by atoms with van der Waals surface area (Å²) in [7, 11) is 1.36. The normalized spacial score (nSPS) is 25.6. The van der Waals surface area contributed by atoms with Crippen molar-refractivity contribution >= 4 is 23.2 Å². The summed E-state index contributed by atoms with van der Waals surface area (Å²) in [5, 5.41) is 6.64. The van der Waals surface area contributed by atoms with Gasteiger partial charge in [0.1, 0.15) is 6.17 Å². The van der Waals surface area contributed by atoms with Crippen LogP contribution >= 0.6 is 12.2 Å². The highest BCUT2D eigenvalue weighted by atomic mass is 32.1. The van der Waals surface area contributed by atoms with Gasteiger partial charge in [-0.15, -0.1) is 0 Å². The van der Waals surface area contributed by atoms with Gasteiger partial charge in [0, 0.05) is 6.20 Å². The second-order valence-corrected chi connectivity index (χ2v) is 5.74. The van der Waals surface area contributed by atoms with Crippen LogP contribution < -0.4 is 10.6 Å². The van der Waals surface area contributed by atoms with Gasteiger partial charge in [-0.05, 0) is 25.0 Å². The van der Waals surface area contributed by atoms with Gasteiger partial charge in [0.05, 0.1) is 28.9 Å². The number of nitrogens with one attached hydrogen (secondary N) is 2. The number of hydrogen-bond acceptors (Lipinski definition) is 5. The van der Waals surface area contributed by atoms with E-state index in [1.165, 1.54) is 7.11 Å². The van der Waals surface area contributed by atoms with E-state index >= 15 is 0 Å². The first-order valence-corrected chi connectivity index (χ1v) is 6.93. The Kier molecular flexibility index (Phi) is 4.06. The van der Waals surface area contributed by atoms with E-state index in [2.05, 4.69) is 29.5 Å². The molecule has 0 unspecified atom stereocenters. The van der Waals surface area contributed by atoms with Crippen molar-refractivity contribution in [3.8, 4) is 0 Å². The third kappa shape index (κ3) is 2.41.